The molecule has 0 amide bonds. The molecule has 0 aromatic carbocycles. The highest BCUT2D eigenvalue weighted by Gasteiger charge is 2.07. The van der Waals surface area contributed by atoms with Gasteiger partial charge in [-0.25, -0.2) is 0 Å². The van der Waals surface area contributed by atoms with E-state index in [0.717, 1.165) is 12.2 Å². The summed E-state index contributed by atoms with van der Waals surface area (Å²) in [6, 6.07) is 0.574. The normalized spacial score (nSPS) is 11.1. The predicted molar refractivity (Wildman–Crippen MR) is 71.3 cm³/mol. The van der Waals surface area contributed by atoms with Crippen molar-refractivity contribution in [2.45, 2.75) is 52.1 Å². The molecule has 1 heterocycles. The van der Waals surface area contributed by atoms with Crippen LogP contribution in [0.15, 0.2) is 12.4 Å². The van der Waals surface area contributed by atoms with Gasteiger partial charge in [0.2, 0.25) is 0 Å². The zero-order valence-corrected chi connectivity index (χ0v) is 11.3. The van der Waals surface area contributed by atoms with Crippen LogP contribution >= 0.6 is 0 Å². The van der Waals surface area contributed by atoms with Crippen molar-refractivity contribution < 1.29 is 4.74 Å². The zero-order valence-electron chi connectivity index (χ0n) is 11.3. The molecule has 1 N–H and O–H groups in total. The fourth-order valence-corrected chi connectivity index (χ4v) is 1.97. The maximum Gasteiger partial charge on any atom is 0.0728 e. The largest absolute Gasteiger partial charge is 0.383 e. The molecule has 1 aromatic heterocycles. The van der Waals surface area contributed by atoms with Gasteiger partial charge in [-0.1, -0.05) is 26.7 Å². The molecule has 4 nitrogen and oxygen atoms in total. The van der Waals surface area contributed by atoms with Crippen molar-refractivity contribution in [1.82, 2.24) is 9.78 Å². The molecule has 98 valence electrons. The summed E-state index contributed by atoms with van der Waals surface area (Å²) in [5, 5.41) is 7.85. The lowest BCUT2D eigenvalue weighted by Gasteiger charge is -2.17. The summed E-state index contributed by atoms with van der Waals surface area (Å²) in [5.74, 6) is 0. The summed E-state index contributed by atoms with van der Waals surface area (Å²) in [6.07, 6.45) is 8.82. The lowest BCUT2D eigenvalue weighted by molar-refractivity contribution is 0.183. The molecule has 0 saturated carbocycles. The first kappa shape index (κ1) is 14.0. The Morgan fingerprint density at radius 3 is 2.65 bits per heavy atom. The van der Waals surface area contributed by atoms with Gasteiger partial charge in [0.1, 0.15) is 0 Å². The highest BCUT2D eigenvalue weighted by atomic mass is 16.5. The average molecular weight is 239 g/mol. The van der Waals surface area contributed by atoms with Crippen molar-refractivity contribution in [1.29, 1.82) is 0 Å². The maximum absolute atomic E-state index is 5.03. The Kier molecular flexibility index (Phi) is 6.70. The molecule has 0 spiro atoms. The van der Waals surface area contributed by atoms with Gasteiger partial charge in [0.25, 0.3) is 0 Å². The van der Waals surface area contributed by atoms with Gasteiger partial charge >= 0.3 is 0 Å². The third-order valence-corrected chi connectivity index (χ3v) is 2.80. The molecule has 0 radical (unpaired) electrons. The first-order valence-electron chi connectivity index (χ1n) is 6.58. The monoisotopic (exact) mass is 239 g/mol. The second-order valence-electron chi connectivity index (χ2n) is 4.40. The molecule has 0 atom stereocenters. The molecular weight excluding hydrogens is 214 g/mol. The van der Waals surface area contributed by atoms with E-state index in [-0.39, 0.29) is 0 Å². The second-order valence-corrected chi connectivity index (χ2v) is 4.40. The average Bonchev–Trinajstić information content (AvgIpc) is 2.75. The minimum absolute atomic E-state index is 0.574. The summed E-state index contributed by atoms with van der Waals surface area (Å²) in [6.45, 7) is 5.97. The van der Waals surface area contributed by atoms with E-state index in [2.05, 4.69) is 30.5 Å². The van der Waals surface area contributed by atoms with Gasteiger partial charge in [-0.15, -0.1) is 0 Å². The van der Waals surface area contributed by atoms with Crippen LogP contribution < -0.4 is 5.32 Å². The Balaban J connectivity index is 2.45. The van der Waals surface area contributed by atoms with Gasteiger partial charge < -0.3 is 10.1 Å². The van der Waals surface area contributed by atoms with E-state index in [1.165, 1.54) is 25.7 Å². The van der Waals surface area contributed by atoms with E-state index < -0.39 is 0 Å². The third-order valence-electron chi connectivity index (χ3n) is 2.80. The Morgan fingerprint density at radius 2 is 2.06 bits per heavy atom. The Hall–Kier alpha value is -1.03. The van der Waals surface area contributed by atoms with Crippen LogP contribution in [0.3, 0.4) is 0 Å². The number of ether oxygens (including phenoxy) is 1. The van der Waals surface area contributed by atoms with Crippen molar-refractivity contribution in [3.8, 4) is 0 Å². The highest BCUT2D eigenvalue weighted by molar-refractivity contribution is 5.39. The highest BCUT2D eigenvalue weighted by Crippen LogP contribution is 2.13. The molecule has 0 fully saturated rings. The van der Waals surface area contributed by atoms with Crippen molar-refractivity contribution in [3.05, 3.63) is 12.4 Å². The van der Waals surface area contributed by atoms with Gasteiger partial charge in [0.15, 0.2) is 0 Å². The van der Waals surface area contributed by atoms with Gasteiger partial charge in [-0.05, 0) is 12.8 Å². The Morgan fingerprint density at radius 1 is 1.35 bits per heavy atom. The quantitative estimate of drug-likeness (QED) is 0.720. The molecule has 17 heavy (non-hydrogen) atoms. The number of nitrogens with one attached hydrogen (secondary N) is 1. The number of aromatic nitrogens is 2. The fourth-order valence-electron chi connectivity index (χ4n) is 1.97. The minimum Gasteiger partial charge on any atom is -0.383 e. The smallest absolute Gasteiger partial charge is 0.0728 e. The Bertz CT molecular complexity index is 293. The number of hydrogen-bond acceptors (Lipinski definition) is 3. The van der Waals surface area contributed by atoms with Crippen LogP contribution in [-0.2, 0) is 11.3 Å². The number of rotatable bonds is 9. The molecule has 0 aliphatic heterocycles. The zero-order chi connectivity index (χ0) is 12.5. The van der Waals surface area contributed by atoms with Crippen LogP contribution in [0.2, 0.25) is 0 Å². The van der Waals surface area contributed by atoms with Gasteiger partial charge in [-0.2, -0.15) is 5.10 Å². The first-order valence-corrected chi connectivity index (χ1v) is 6.58. The van der Waals surface area contributed by atoms with Crippen molar-refractivity contribution in [3.63, 3.8) is 0 Å². The molecule has 0 aliphatic carbocycles. The van der Waals surface area contributed by atoms with Gasteiger partial charge in [0.05, 0.1) is 25.0 Å². The number of anilines is 1. The number of methoxy groups -OCH3 is 1. The van der Waals surface area contributed by atoms with Crippen LogP contribution in [0.25, 0.3) is 0 Å². The first-order chi connectivity index (χ1) is 8.30. The van der Waals surface area contributed by atoms with Crippen molar-refractivity contribution in [2.75, 3.05) is 19.0 Å². The lowest BCUT2D eigenvalue weighted by atomic mass is 10.1. The molecule has 4 heteroatoms. The standard InChI is InChI=1S/C13H25N3O/c1-4-6-12(7-5-2)15-13-10-14-16(11-13)8-9-17-3/h10-12,15H,4-9H2,1-3H3. The van der Waals surface area contributed by atoms with Crippen molar-refractivity contribution >= 4 is 5.69 Å². The van der Waals surface area contributed by atoms with Crippen LogP contribution in [0.1, 0.15) is 39.5 Å². The molecule has 1 aromatic rings. The topological polar surface area (TPSA) is 39.1 Å². The third kappa shape index (κ3) is 5.22. The molecule has 0 bridgehead atoms. The number of nitrogens with zero attached hydrogens (tertiary/aromatic N) is 2. The predicted octanol–water partition coefficient (Wildman–Crippen LogP) is 2.91. The Labute approximate surface area is 104 Å². The molecule has 0 saturated heterocycles. The summed E-state index contributed by atoms with van der Waals surface area (Å²) >= 11 is 0. The summed E-state index contributed by atoms with van der Waals surface area (Å²) in [4.78, 5) is 0. The van der Waals surface area contributed by atoms with E-state index in [1.54, 1.807) is 7.11 Å². The van der Waals surface area contributed by atoms with E-state index in [9.17, 15) is 0 Å². The van der Waals surface area contributed by atoms with Crippen LogP contribution in [0.5, 0.6) is 0 Å². The van der Waals surface area contributed by atoms with Gasteiger partial charge in [0, 0.05) is 19.3 Å². The molecule has 0 unspecified atom stereocenters. The van der Waals surface area contributed by atoms with E-state index in [0.29, 0.717) is 12.6 Å². The lowest BCUT2D eigenvalue weighted by Crippen LogP contribution is -2.18. The fraction of sp³-hybridized carbons (Fsp3) is 0.769. The summed E-state index contributed by atoms with van der Waals surface area (Å²) < 4.78 is 6.95. The van der Waals surface area contributed by atoms with E-state index in [1.807, 2.05) is 10.9 Å². The second kappa shape index (κ2) is 8.12. The maximum atomic E-state index is 5.03. The minimum atomic E-state index is 0.574. The van der Waals surface area contributed by atoms with Crippen LogP contribution in [0.4, 0.5) is 5.69 Å². The summed E-state index contributed by atoms with van der Waals surface area (Å²) in [7, 11) is 1.71. The summed E-state index contributed by atoms with van der Waals surface area (Å²) in [5.41, 5.74) is 1.12. The molecular formula is C13H25N3O. The SMILES string of the molecule is CCCC(CCC)Nc1cnn(CCOC)c1. The molecule has 1 rings (SSSR count). The van der Waals surface area contributed by atoms with E-state index >= 15 is 0 Å². The van der Waals surface area contributed by atoms with Crippen molar-refractivity contribution in [2.24, 2.45) is 0 Å². The van der Waals surface area contributed by atoms with E-state index in [4.69, 9.17) is 4.74 Å². The van der Waals surface area contributed by atoms with Gasteiger partial charge in [-0.3, -0.25) is 4.68 Å². The van der Waals surface area contributed by atoms with Crippen LogP contribution in [-0.4, -0.2) is 29.5 Å². The molecule has 0 aliphatic rings. The van der Waals surface area contributed by atoms with Crippen LogP contribution in [0, 0.1) is 0 Å². The number of hydrogen-bond donors (Lipinski definition) is 1.